The molecule has 3 aromatic carbocycles. The number of Topliss-reactive ketones (excluding diaryl/α,β-unsaturated/α-hetero) is 7. The van der Waals surface area contributed by atoms with Crippen molar-refractivity contribution in [2.45, 2.75) is 79.7 Å². The molecule has 0 aromatic heterocycles. The van der Waals surface area contributed by atoms with E-state index in [1.54, 1.807) is 76.4 Å². The maximum atomic E-state index is 13.7. The maximum Gasteiger partial charge on any atom is 0.255 e. The van der Waals surface area contributed by atoms with Crippen molar-refractivity contribution in [3.63, 3.8) is 0 Å². The lowest BCUT2D eigenvalue weighted by molar-refractivity contribution is -0.169. The number of primary amides is 2. The minimum atomic E-state index is -2.90. The average Bonchev–Trinajstić information content (AvgIpc) is 0.706. The molecule has 0 heterocycles. The first-order chi connectivity index (χ1) is 45.5. The van der Waals surface area contributed by atoms with Gasteiger partial charge in [0.1, 0.15) is 68.5 Å². The minimum absolute atomic E-state index is 0.00236. The summed E-state index contributed by atoms with van der Waals surface area (Å²) in [6, 6.07) is 6.99. The number of aliphatic hydroxyl groups is 11. The van der Waals surface area contributed by atoms with Crippen LogP contribution in [0.4, 0.5) is 11.4 Å². The van der Waals surface area contributed by atoms with Gasteiger partial charge in [-0.3, -0.25) is 57.9 Å². The summed E-state index contributed by atoms with van der Waals surface area (Å²) < 4.78 is 0. The molecule has 9 aliphatic carbocycles. The van der Waals surface area contributed by atoms with Gasteiger partial charge >= 0.3 is 0 Å². The number of fused-ring (bicyclic) bond motifs is 9. The topological polar surface area (TPSA) is 505 Å². The van der Waals surface area contributed by atoms with Crippen LogP contribution < -0.4 is 21.3 Å². The summed E-state index contributed by atoms with van der Waals surface area (Å²) >= 11 is 0. The van der Waals surface area contributed by atoms with E-state index >= 15 is 0 Å². The number of nitrogens with two attached hydrogens (primary N) is 2. The molecular formula is C68H77N7O23. The highest BCUT2D eigenvalue weighted by Crippen LogP contribution is 2.57. The smallest absolute Gasteiger partial charge is 0.255 e. The van der Waals surface area contributed by atoms with Gasteiger partial charge in [-0.1, -0.05) is 12.1 Å². The summed E-state index contributed by atoms with van der Waals surface area (Å²) in [6.07, 6.45) is -2.73. The number of carbonyl (C=O) groups is 9. The lowest BCUT2D eigenvalue weighted by Gasteiger charge is -2.52. The van der Waals surface area contributed by atoms with E-state index < -0.39 is 192 Å². The number of amides is 2. The number of aliphatic hydroxyl groups excluding tert-OH is 8. The second-order valence-corrected chi connectivity index (χ2v) is 27.3. The molecule has 18 N–H and O–H groups in total. The summed E-state index contributed by atoms with van der Waals surface area (Å²) in [5.74, 6) is -22.1. The van der Waals surface area contributed by atoms with E-state index in [1.807, 2.05) is 0 Å². The zero-order valence-electron chi connectivity index (χ0n) is 55.0. The largest absolute Gasteiger partial charge is 0.508 e. The van der Waals surface area contributed by atoms with Crippen LogP contribution in [0.3, 0.4) is 0 Å². The first-order valence-corrected chi connectivity index (χ1v) is 30.9. The number of hydrogen-bond donors (Lipinski definition) is 16. The number of phenols is 3. The Morgan fingerprint density at radius 1 is 0.480 bits per heavy atom. The number of likely N-dealkylation sites (N-methyl/N-ethyl adjacent to an activating group) is 3. The Balaban J connectivity index is 0.000000159. The molecule has 522 valence electrons. The van der Waals surface area contributed by atoms with Crippen LogP contribution in [0.2, 0.25) is 0 Å². The van der Waals surface area contributed by atoms with Gasteiger partial charge in [0.05, 0.1) is 58.9 Å². The number of aromatic hydroxyl groups is 3. The number of anilines is 2. The summed E-state index contributed by atoms with van der Waals surface area (Å²) in [5, 5.41) is 154. The molecule has 2 amide bonds. The Labute approximate surface area is 559 Å². The fourth-order valence-electron chi connectivity index (χ4n) is 16.5. The highest BCUT2D eigenvalue weighted by atomic mass is 16.4. The number of nitrogens with zero attached hydrogens (tertiary/aromatic N) is 5. The molecule has 0 radical (unpaired) electrons. The first-order valence-electron chi connectivity index (χ1n) is 30.9. The van der Waals surface area contributed by atoms with Gasteiger partial charge in [0.25, 0.3) is 11.8 Å². The van der Waals surface area contributed by atoms with Crippen molar-refractivity contribution in [3.05, 3.63) is 127 Å². The van der Waals surface area contributed by atoms with Gasteiger partial charge in [0.2, 0.25) is 17.3 Å². The Morgan fingerprint density at radius 2 is 0.908 bits per heavy atom. The standard InChI is InChI=1S/C23H27N3O8.C23H27N3O7.C22H23NO8/c1-25(2)10-5-6-11(27)12-8(10)7-9-13(18(12)29)20(31)23(34)15(17(9)28)16(26(3)4)19(30)14(21(23)32)22(24)33;1-25(2)11-6-9-5-10-7-12-17(26(3)4)19(29)16(22(24)32)21(31)23(12,33)20(30)15(10)18(28)14(9)13(27)8-11;1-8(24)12-19(28)16(23(2)3)15-17(26)10-7-9-5-4-6-11(25)13(9)18(27)14(10)21(30)22(15,31)20(12)29/h5-6,9,15-17,27-29,32,34H,7H2,1-4H3,(H2,24,33);6,8,10,12,17,27-28,31,33H,5,7H2,1-4H3,(H2,24,32);4-6,10,15-17,25-27,29,31H,7H2,1-3H3/t9-,15-,16+,17+,23+;10-,12-,17-,23-;10-,15-,16+,17+,22-/m101/s1. The molecule has 14 atom stereocenters. The van der Waals surface area contributed by atoms with Crippen molar-refractivity contribution in [1.29, 1.82) is 0 Å². The lowest BCUT2D eigenvalue weighted by atomic mass is 9.56. The van der Waals surface area contributed by atoms with Gasteiger partial charge in [-0.25, -0.2) is 0 Å². The van der Waals surface area contributed by atoms with E-state index in [-0.39, 0.29) is 70.8 Å². The summed E-state index contributed by atoms with van der Waals surface area (Å²) in [5.41, 5.74) is 1.79. The number of benzene rings is 3. The Kier molecular flexibility index (Phi) is 17.6. The number of hydrogen-bond acceptors (Lipinski definition) is 28. The molecule has 3 saturated carbocycles. The van der Waals surface area contributed by atoms with Gasteiger partial charge in [0, 0.05) is 80.1 Å². The van der Waals surface area contributed by atoms with Crippen LogP contribution in [0.5, 0.6) is 17.2 Å². The van der Waals surface area contributed by atoms with Gasteiger partial charge < -0.3 is 92.8 Å². The third-order valence-electron chi connectivity index (χ3n) is 20.8. The predicted octanol–water partition coefficient (Wildman–Crippen LogP) is -0.931. The second kappa shape index (κ2) is 24.3. The maximum absolute atomic E-state index is 13.7. The number of rotatable bonds is 8. The molecule has 0 spiro atoms. The Hall–Kier alpha value is -9.79. The van der Waals surface area contributed by atoms with Crippen LogP contribution in [0.25, 0.3) is 17.3 Å². The van der Waals surface area contributed by atoms with Crippen molar-refractivity contribution in [2.75, 3.05) is 80.3 Å². The highest BCUT2D eigenvalue weighted by Gasteiger charge is 2.70. The van der Waals surface area contributed by atoms with Crippen LogP contribution in [0.1, 0.15) is 46.7 Å². The van der Waals surface area contributed by atoms with Crippen LogP contribution in [0.15, 0.2) is 93.2 Å². The van der Waals surface area contributed by atoms with E-state index in [2.05, 4.69) is 0 Å². The SMILES string of the molecule is CC(=O)C1=C(O)[C@@]2(O)C(=O)C3=C(O)c4c(O)cccc4C[C@H]3[C@H](O)[C@H]2[C@H](N(C)C)C1=O.CN(C)c1cc(O)c2c(c1)C[C@H]1C[C@H]3[C@H](N(C)C)C(=O)C(C(N)=O)=C(O)[C@@]3(O)C(=O)C1=C2O.CN(C)c1ccc(O)c2c1C[C@@H]1C(=C2O)C(=O)[C@]2(O)C(O)=C(C(N)=O)C(=O)[C@@H](N(C)C)[C@@H]2[C@H]1O. The molecule has 0 aliphatic heterocycles. The normalized spacial score (nSPS) is 30.8. The molecule has 0 saturated heterocycles. The van der Waals surface area contributed by atoms with E-state index in [0.29, 0.717) is 28.1 Å². The second-order valence-electron chi connectivity index (χ2n) is 27.3. The van der Waals surface area contributed by atoms with Crippen molar-refractivity contribution < 1.29 is 115 Å². The fraction of sp³-hybridized carbons (Fsp3) is 0.426. The molecule has 0 unspecified atom stereocenters. The van der Waals surface area contributed by atoms with Crippen molar-refractivity contribution in [1.82, 2.24) is 14.7 Å². The van der Waals surface area contributed by atoms with Gasteiger partial charge in [-0.05, 0) is 122 Å². The van der Waals surface area contributed by atoms with Crippen molar-refractivity contribution in [3.8, 4) is 17.2 Å². The summed E-state index contributed by atoms with van der Waals surface area (Å²) in [6.45, 7) is 1.03. The van der Waals surface area contributed by atoms with Crippen LogP contribution in [0, 0.1) is 35.5 Å². The quantitative estimate of drug-likeness (QED) is 0.121. The minimum Gasteiger partial charge on any atom is -0.508 e. The van der Waals surface area contributed by atoms with Gasteiger partial charge in [-0.15, -0.1) is 0 Å². The van der Waals surface area contributed by atoms with Crippen LogP contribution in [-0.4, -0.2) is 256 Å². The zero-order valence-corrected chi connectivity index (χ0v) is 55.0. The first kappa shape index (κ1) is 71.0. The number of ketones is 7. The van der Waals surface area contributed by atoms with Crippen molar-refractivity contribution in [2.24, 2.45) is 47.0 Å². The van der Waals surface area contributed by atoms with Gasteiger partial charge in [-0.2, -0.15) is 0 Å². The van der Waals surface area contributed by atoms with E-state index in [9.17, 15) is 115 Å². The summed E-state index contributed by atoms with van der Waals surface area (Å²) in [4.78, 5) is 124. The molecule has 30 nitrogen and oxygen atoms in total. The molecule has 30 heteroatoms. The van der Waals surface area contributed by atoms with Gasteiger partial charge in [0.15, 0.2) is 39.9 Å². The summed E-state index contributed by atoms with van der Waals surface area (Å²) in [7, 11) is 16.1. The molecule has 12 rings (SSSR count). The van der Waals surface area contributed by atoms with E-state index in [0.717, 1.165) is 6.92 Å². The van der Waals surface area contributed by atoms with Crippen LogP contribution in [-0.2, 0) is 62.4 Å². The molecular weight excluding hydrogens is 1280 g/mol. The average molecular weight is 1360 g/mol. The van der Waals surface area contributed by atoms with Crippen LogP contribution >= 0.6 is 0 Å². The molecule has 3 aromatic rings. The van der Waals surface area contributed by atoms with Crippen molar-refractivity contribution >= 4 is 80.9 Å². The number of carbonyl (C=O) groups excluding carboxylic acids is 9. The molecule has 3 fully saturated rings. The number of phenolic OH excluding ortho intramolecular Hbond substituents is 3. The van der Waals surface area contributed by atoms with E-state index in [4.69, 9.17) is 11.5 Å². The fourth-order valence-corrected chi connectivity index (χ4v) is 16.5. The molecule has 98 heavy (non-hydrogen) atoms. The zero-order chi connectivity index (χ0) is 73.0. The third kappa shape index (κ3) is 9.92. The Morgan fingerprint density at radius 3 is 1.39 bits per heavy atom. The lowest BCUT2D eigenvalue weighted by Crippen LogP contribution is -2.70. The Bertz CT molecular complexity index is 4330. The third-order valence-corrected chi connectivity index (χ3v) is 20.8. The molecule has 0 bridgehead atoms. The predicted molar refractivity (Wildman–Crippen MR) is 346 cm³/mol. The van der Waals surface area contributed by atoms with E-state index in [1.165, 1.54) is 61.1 Å². The monoisotopic (exact) mass is 1360 g/mol. The highest BCUT2D eigenvalue weighted by molar-refractivity contribution is 6.27. The molecule has 9 aliphatic rings.